The molecule has 7 nitrogen and oxygen atoms in total. The van der Waals surface area contributed by atoms with Crippen LogP contribution >= 0.6 is 0 Å². The largest absolute Gasteiger partial charge is 0.462 e. The zero-order chi connectivity index (χ0) is 23.9. The summed E-state index contributed by atoms with van der Waals surface area (Å²) in [4.78, 5) is 17.1. The molecule has 0 spiro atoms. The highest BCUT2D eigenvalue weighted by Crippen LogP contribution is 2.38. The Labute approximate surface area is 196 Å². The van der Waals surface area contributed by atoms with Crippen LogP contribution in [-0.2, 0) is 14.8 Å². The van der Waals surface area contributed by atoms with Gasteiger partial charge in [-0.05, 0) is 31.5 Å². The van der Waals surface area contributed by atoms with E-state index in [0.29, 0.717) is 50.7 Å². The first kappa shape index (κ1) is 21.9. The number of fused-ring (bicyclic) bond motifs is 4. The number of sulfonamides is 1. The highest BCUT2D eigenvalue weighted by molar-refractivity contribution is 7.93. The number of carbonyl (C=O) groups excluding carboxylic acids is 1. The predicted octanol–water partition coefficient (Wildman–Crippen LogP) is 5.81. The number of aryl methyl sites for hydroxylation is 1. The van der Waals surface area contributed by atoms with Crippen molar-refractivity contribution in [3.05, 3.63) is 78.2 Å². The molecule has 0 saturated heterocycles. The second-order valence-corrected chi connectivity index (χ2v) is 9.60. The number of aromatic nitrogens is 1. The predicted molar refractivity (Wildman–Crippen MR) is 132 cm³/mol. The molecule has 3 aromatic carbocycles. The third-order valence-corrected chi connectivity index (χ3v) is 7.04. The Bertz CT molecular complexity index is 1670. The Morgan fingerprint density at radius 3 is 2.59 bits per heavy atom. The SMILES string of the molecule is CCCOC(=O)c1c(C)oc2c1cc(NS(=O)(=O)c1cccc3cccnc13)c1ccccc12. The number of nitrogens with one attached hydrogen (secondary N) is 1. The molecule has 0 saturated carbocycles. The van der Waals surface area contributed by atoms with Crippen LogP contribution in [0, 0.1) is 6.92 Å². The minimum Gasteiger partial charge on any atom is -0.462 e. The molecule has 0 unspecified atom stereocenters. The quantitative estimate of drug-likeness (QED) is 0.312. The number of esters is 1. The number of furan rings is 1. The molecule has 2 aromatic heterocycles. The van der Waals surface area contributed by atoms with Crippen molar-refractivity contribution in [2.45, 2.75) is 25.2 Å². The maximum Gasteiger partial charge on any atom is 0.342 e. The average molecular weight is 475 g/mol. The number of carbonyl (C=O) groups is 1. The Kier molecular flexibility index (Phi) is 5.45. The van der Waals surface area contributed by atoms with E-state index < -0.39 is 16.0 Å². The zero-order valence-corrected chi connectivity index (χ0v) is 19.5. The maximum atomic E-state index is 13.5. The van der Waals surface area contributed by atoms with Gasteiger partial charge in [0.25, 0.3) is 10.0 Å². The molecule has 8 heteroatoms. The standard InChI is InChI=1S/C26H22N2O5S/c1-3-14-32-26(29)23-16(2)33-25-19-11-5-4-10-18(19)21(15-20(23)25)28-34(30,31)22-12-6-8-17-9-7-13-27-24(17)22/h4-13,15,28H,3,14H2,1-2H3. The molecule has 1 N–H and O–H groups in total. The molecule has 0 amide bonds. The van der Waals surface area contributed by atoms with Crippen LogP contribution in [0.25, 0.3) is 32.6 Å². The summed E-state index contributed by atoms with van der Waals surface area (Å²) in [5.41, 5.74) is 1.51. The zero-order valence-electron chi connectivity index (χ0n) is 18.7. The molecule has 2 heterocycles. The van der Waals surface area contributed by atoms with E-state index in [4.69, 9.17) is 9.15 Å². The molecule has 5 aromatic rings. The van der Waals surface area contributed by atoms with Gasteiger partial charge in [0.1, 0.15) is 21.8 Å². The first-order valence-corrected chi connectivity index (χ1v) is 12.4. The highest BCUT2D eigenvalue weighted by atomic mass is 32.2. The molecule has 0 fully saturated rings. The first-order valence-electron chi connectivity index (χ1n) is 10.9. The van der Waals surface area contributed by atoms with Crippen LogP contribution in [-0.4, -0.2) is 26.0 Å². The second-order valence-electron chi connectivity index (χ2n) is 7.95. The summed E-state index contributed by atoms with van der Waals surface area (Å²) in [6, 6.07) is 17.5. The molecule has 0 aliphatic carbocycles. The number of pyridine rings is 1. The fourth-order valence-electron chi connectivity index (χ4n) is 4.14. The molecule has 0 radical (unpaired) electrons. The van der Waals surface area contributed by atoms with Crippen molar-refractivity contribution < 1.29 is 22.4 Å². The number of ether oxygens (including phenoxy) is 1. The van der Waals surface area contributed by atoms with Gasteiger partial charge in [-0.25, -0.2) is 13.2 Å². The van der Waals surface area contributed by atoms with Crippen LogP contribution < -0.4 is 4.72 Å². The first-order chi connectivity index (χ1) is 16.4. The van der Waals surface area contributed by atoms with Crippen LogP contribution in [0.5, 0.6) is 0 Å². The van der Waals surface area contributed by atoms with E-state index in [1.807, 2.05) is 37.3 Å². The van der Waals surface area contributed by atoms with Gasteiger partial charge in [0.2, 0.25) is 0 Å². The van der Waals surface area contributed by atoms with E-state index in [1.54, 1.807) is 37.4 Å². The number of rotatable bonds is 6. The monoisotopic (exact) mass is 474 g/mol. The van der Waals surface area contributed by atoms with Crippen molar-refractivity contribution >= 4 is 54.3 Å². The van der Waals surface area contributed by atoms with Crippen molar-refractivity contribution in [3.8, 4) is 0 Å². The van der Waals surface area contributed by atoms with Crippen LogP contribution in [0.3, 0.4) is 0 Å². The van der Waals surface area contributed by atoms with Crippen LogP contribution in [0.4, 0.5) is 5.69 Å². The molecule has 34 heavy (non-hydrogen) atoms. The van der Waals surface area contributed by atoms with Crippen molar-refractivity contribution in [1.82, 2.24) is 4.98 Å². The van der Waals surface area contributed by atoms with Crippen molar-refractivity contribution in [2.24, 2.45) is 0 Å². The van der Waals surface area contributed by atoms with Crippen LogP contribution in [0.1, 0.15) is 29.5 Å². The van der Waals surface area contributed by atoms with E-state index in [-0.39, 0.29) is 11.5 Å². The molecule has 0 bridgehead atoms. The van der Waals surface area contributed by atoms with Gasteiger partial charge in [-0.3, -0.25) is 9.71 Å². The third-order valence-electron chi connectivity index (χ3n) is 5.64. The van der Waals surface area contributed by atoms with Gasteiger partial charge in [0, 0.05) is 27.7 Å². The van der Waals surface area contributed by atoms with Gasteiger partial charge >= 0.3 is 5.97 Å². The summed E-state index contributed by atoms with van der Waals surface area (Å²) in [5.74, 6) is -0.0834. The fraction of sp³-hybridized carbons (Fsp3) is 0.154. The molecule has 0 atom stereocenters. The number of anilines is 1. The van der Waals surface area contributed by atoms with Gasteiger partial charge in [-0.2, -0.15) is 0 Å². The Morgan fingerprint density at radius 1 is 1.03 bits per heavy atom. The van der Waals surface area contributed by atoms with Crippen LogP contribution in [0.2, 0.25) is 0 Å². The van der Waals surface area contributed by atoms with Gasteiger partial charge in [0.15, 0.2) is 0 Å². The van der Waals surface area contributed by atoms with E-state index in [9.17, 15) is 13.2 Å². The number of hydrogen-bond acceptors (Lipinski definition) is 6. The summed E-state index contributed by atoms with van der Waals surface area (Å²) in [7, 11) is -4.00. The summed E-state index contributed by atoms with van der Waals surface area (Å²) < 4.78 is 41.0. The third kappa shape index (κ3) is 3.66. The fourth-order valence-corrected chi connectivity index (χ4v) is 5.39. The smallest absolute Gasteiger partial charge is 0.342 e. The van der Waals surface area contributed by atoms with E-state index in [0.717, 1.165) is 5.39 Å². The number of nitrogens with zero attached hydrogens (tertiary/aromatic N) is 1. The summed E-state index contributed by atoms with van der Waals surface area (Å²) in [5, 5.41) is 2.54. The number of para-hydroxylation sites is 1. The van der Waals surface area contributed by atoms with E-state index in [1.165, 1.54) is 6.07 Å². The average Bonchev–Trinajstić information content (AvgIpc) is 3.18. The molecule has 0 aliphatic rings. The van der Waals surface area contributed by atoms with Gasteiger partial charge in [-0.15, -0.1) is 0 Å². The normalized spacial score (nSPS) is 11.8. The minimum absolute atomic E-state index is 0.0701. The van der Waals surface area contributed by atoms with E-state index in [2.05, 4.69) is 9.71 Å². The van der Waals surface area contributed by atoms with Gasteiger partial charge < -0.3 is 9.15 Å². The summed E-state index contributed by atoms with van der Waals surface area (Å²) in [6.45, 7) is 3.89. The Morgan fingerprint density at radius 2 is 1.79 bits per heavy atom. The summed E-state index contributed by atoms with van der Waals surface area (Å²) >= 11 is 0. The lowest BCUT2D eigenvalue weighted by atomic mass is 10.0. The summed E-state index contributed by atoms with van der Waals surface area (Å²) in [6.07, 6.45) is 2.25. The van der Waals surface area contributed by atoms with Gasteiger partial charge in [0.05, 0.1) is 17.8 Å². The van der Waals surface area contributed by atoms with Crippen LogP contribution in [0.15, 0.2) is 76.2 Å². The van der Waals surface area contributed by atoms with Crippen molar-refractivity contribution in [3.63, 3.8) is 0 Å². The molecular formula is C26H22N2O5S. The lowest BCUT2D eigenvalue weighted by Gasteiger charge is -2.13. The number of hydrogen-bond donors (Lipinski definition) is 1. The molecular weight excluding hydrogens is 452 g/mol. The molecule has 172 valence electrons. The van der Waals surface area contributed by atoms with Crippen molar-refractivity contribution in [1.29, 1.82) is 0 Å². The van der Waals surface area contributed by atoms with E-state index >= 15 is 0 Å². The minimum atomic E-state index is -4.00. The molecule has 0 aliphatic heterocycles. The lowest BCUT2D eigenvalue weighted by Crippen LogP contribution is -2.14. The highest BCUT2D eigenvalue weighted by Gasteiger charge is 2.25. The topological polar surface area (TPSA) is 98.5 Å². The Hall–Kier alpha value is -3.91. The van der Waals surface area contributed by atoms with Crippen molar-refractivity contribution in [2.75, 3.05) is 11.3 Å². The maximum absolute atomic E-state index is 13.5. The number of benzene rings is 3. The Balaban J connectivity index is 1.70. The molecule has 5 rings (SSSR count). The second kappa shape index (κ2) is 8.46. The van der Waals surface area contributed by atoms with Gasteiger partial charge in [-0.1, -0.05) is 49.4 Å². The lowest BCUT2D eigenvalue weighted by molar-refractivity contribution is 0.0505.